The lowest BCUT2D eigenvalue weighted by molar-refractivity contribution is 1.15. The van der Waals surface area contributed by atoms with Crippen molar-refractivity contribution >= 4 is 65.4 Å². The SMILES string of the molecule is c1ccc(-c2cc(-c3ccccc3)nc(-c3cc(-c4ccccc4)c(-n4c5ccc(-n6c7ccccc7c7ccccc76)cc5c5cc(-n6c7ccccc7c7ccccc76)ccc54)c(-c4ccccc4)c3)n2)cc1. The van der Waals surface area contributed by atoms with E-state index in [1.54, 1.807) is 0 Å². The zero-order valence-corrected chi connectivity index (χ0v) is 40.7. The van der Waals surface area contributed by atoms with Crippen molar-refractivity contribution in [3.05, 3.63) is 273 Å². The van der Waals surface area contributed by atoms with Gasteiger partial charge < -0.3 is 13.7 Å². The lowest BCUT2D eigenvalue weighted by Gasteiger charge is -2.21. The van der Waals surface area contributed by atoms with Crippen LogP contribution in [-0.4, -0.2) is 23.7 Å². The van der Waals surface area contributed by atoms with Crippen LogP contribution in [0.15, 0.2) is 273 Å². The first-order valence-electron chi connectivity index (χ1n) is 25.6. The zero-order chi connectivity index (χ0) is 49.4. The maximum absolute atomic E-state index is 5.39. The molecule has 5 heteroatoms. The van der Waals surface area contributed by atoms with Gasteiger partial charge in [-0.15, -0.1) is 0 Å². The molecule has 4 aromatic heterocycles. The number of para-hydroxylation sites is 4. The first kappa shape index (κ1) is 42.6. The quantitative estimate of drug-likeness (QED) is 0.152. The van der Waals surface area contributed by atoms with Crippen LogP contribution in [0, 0.1) is 0 Å². The molecule has 0 bridgehead atoms. The largest absolute Gasteiger partial charge is 0.309 e. The van der Waals surface area contributed by atoms with Crippen LogP contribution in [0.3, 0.4) is 0 Å². The molecule has 75 heavy (non-hydrogen) atoms. The predicted molar refractivity (Wildman–Crippen MR) is 312 cm³/mol. The minimum atomic E-state index is 0.657. The Kier molecular flexibility index (Phi) is 9.82. The minimum Gasteiger partial charge on any atom is -0.309 e. The molecule has 0 saturated carbocycles. The monoisotopic (exact) mass is 955 g/mol. The molecule has 0 atom stereocenters. The van der Waals surface area contributed by atoms with Crippen LogP contribution < -0.4 is 0 Å². The lowest BCUT2D eigenvalue weighted by Crippen LogP contribution is -2.03. The van der Waals surface area contributed by atoms with Gasteiger partial charge in [-0.1, -0.05) is 194 Å². The van der Waals surface area contributed by atoms with E-state index in [2.05, 4.69) is 275 Å². The average molecular weight is 956 g/mol. The molecule has 0 saturated heterocycles. The third-order valence-electron chi connectivity index (χ3n) is 15.0. The van der Waals surface area contributed by atoms with Crippen LogP contribution in [0.5, 0.6) is 0 Å². The van der Waals surface area contributed by atoms with Gasteiger partial charge in [-0.2, -0.15) is 0 Å². The Morgan fingerprint density at radius 1 is 0.227 bits per heavy atom. The van der Waals surface area contributed by atoms with Gasteiger partial charge in [-0.3, -0.25) is 0 Å². The Morgan fingerprint density at radius 3 is 0.920 bits per heavy atom. The number of hydrogen-bond acceptors (Lipinski definition) is 2. The van der Waals surface area contributed by atoms with Crippen molar-refractivity contribution in [1.82, 2.24) is 23.7 Å². The fraction of sp³-hybridized carbons (Fsp3) is 0. The van der Waals surface area contributed by atoms with E-state index in [-0.39, 0.29) is 0 Å². The highest BCUT2D eigenvalue weighted by Gasteiger charge is 2.25. The van der Waals surface area contributed by atoms with E-state index in [0.717, 1.165) is 89.2 Å². The highest BCUT2D eigenvalue weighted by atomic mass is 15.0. The van der Waals surface area contributed by atoms with E-state index in [9.17, 15) is 0 Å². The highest BCUT2D eigenvalue weighted by Crippen LogP contribution is 2.46. The molecule has 0 N–H and O–H groups in total. The van der Waals surface area contributed by atoms with E-state index in [0.29, 0.717) is 5.82 Å². The maximum Gasteiger partial charge on any atom is 0.160 e. The molecule has 15 rings (SSSR count). The van der Waals surface area contributed by atoms with Gasteiger partial charge in [0.1, 0.15) is 0 Å². The van der Waals surface area contributed by atoms with E-state index >= 15 is 0 Å². The van der Waals surface area contributed by atoms with Gasteiger partial charge >= 0.3 is 0 Å². The first-order valence-corrected chi connectivity index (χ1v) is 25.6. The number of nitrogens with zero attached hydrogens (tertiary/aromatic N) is 5. The Balaban J connectivity index is 1.05. The first-order chi connectivity index (χ1) is 37.2. The van der Waals surface area contributed by atoms with Crippen molar-refractivity contribution in [3.8, 4) is 73.2 Å². The normalized spacial score (nSPS) is 11.7. The molecule has 0 radical (unpaired) electrons. The smallest absolute Gasteiger partial charge is 0.160 e. The Hall–Kier alpha value is -10.1. The van der Waals surface area contributed by atoms with E-state index in [1.807, 2.05) is 12.1 Å². The second kappa shape index (κ2) is 17.3. The van der Waals surface area contributed by atoms with Crippen molar-refractivity contribution in [2.45, 2.75) is 0 Å². The predicted octanol–water partition coefficient (Wildman–Crippen LogP) is 18.1. The molecule has 0 spiro atoms. The summed E-state index contributed by atoms with van der Waals surface area (Å²) >= 11 is 0. The fourth-order valence-electron chi connectivity index (χ4n) is 11.7. The third-order valence-corrected chi connectivity index (χ3v) is 15.0. The van der Waals surface area contributed by atoms with E-state index in [1.165, 1.54) is 43.6 Å². The van der Waals surface area contributed by atoms with E-state index < -0.39 is 0 Å². The van der Waals surface area contributed by atoms with Crippen molar-refractivity contribution in [2.24, 2.45) is 0 Å². The van der Waals surface area contributed by atoms with Crippen LogP contribution in [-0.2, 0) is 0 Å². The van der Waals surface area contributed by atoms with Gasteiger partial charge in [-0.25, -0.2) is 9.97 Å². The summed E-state index contributed by atoms with van der Waals surface area (Å²) in [5, 5.41) is 7.25. The van der Waals surface area contributed by atoms with Crippen LogP contribution in [0.1, 0.15) is 0 Å². The standard InChI is InChI=1S/C70H45N5/c1-5-21-46(22-6-1)57-41-50(70-71-61(48-25-9-3-10-26-48)45-62(72-70)49-27-11-4-12-28-49)42-58(47-23-7-2-8-24-47)69(57)75-67-39-37-51(73-63-33-17-13-29-53(63)54-30-14-18-34-64(54)73)43-59(67)60-44-52(38-40-68(60)75)74-65-35-19-15-31-55(65)56-32-16-20-36-66(56)74/h1-45H. The number of aromatic nitrogens is 5. The second-order valence-electron chi connectivity index (χ2n) is 19.3. The summed E-state index contributed by atoms with van der Waals surface area (Å²) in [4.78, 5) is 10.8. The van der Waals surface area contributed by atoms with Crippen LogP contribution in [0.4, 0.5) is 0 Å². The fourth-order valence-corrected chi connectivity index (χ4v) is 11.7. The molecule has 0 aliphatic carbocycles. The number of rotatable bonds is 8. The average Bonchev–Trinajstić information content (AvgIpc) is 4.15. The van der Waals surface area contributed by atoms with Crippen molar-refractivity contribution < 1.29 is 0 Å². The number of benzene rings is 11. The summed E-state index contributed by atoms with van der Waals surface area (Å²) < 4.78 is 7.37. The molecule has 5 nitrogen and oxygen atoms in total. The molecule has 4 heterocycles. The van der Waals surface area contributed by atoms with Gasteiger partial charge in [0.25, 0.3) is 0 Å². The summed E-state index contributed by atoms with van der Waals surface area (Å²) in [7, 11) is 0. The molecule has 15 aromatic rings. The van der Waals surface area contributed by atoms with Crippen molar-refractivity contribution in [1.29, 1.82) is 0 Å². The Morgan fingerprint density at radius 2 is 0.547 bits per heavy atom. The second-order valence-corrected chi connectivity index (χ2v) is 19.3. The molecular weight excluding hydrogens is 911 g/mol. The van der Waals surface area contributed by atoms with E-state index in [4.69, 9.17) is 9.97 Å². The summed E-state index contributed by atoms with van der Waals surface area (Å²) in [6.07, 6.45) is 0. The zero-order valence-electron chi connectivity index (χ0n) is 40.7. The molecule has 350 valence electrons. The molecule has 0 amide bonds. The summed E-state index contributed by atoms with van der Waals surface area (Å²) in [6, 6.07) is 98.4. The highest BCUT2D eigenvalue weighted by molar-refractivity contribution is 6.15. The maximum atomic E-state index is 5.39. The topological polar surface area (TPSA) is 40.6 Å². The lowest BCUT2D eigenvalue weighted by atomic mass is 9.92. The van der Waals surface area contributed by atoms with Gasteiger partial charge in [0.2, 0.25) is 0 Å². The van der Waals surface area contributed by atoms with Crippen LogP contribution in [0.25, 0.3) is 139 Å². The van der Waals surface area contributed by atoms with Gasteiger partial charge in [-0.05, 0) is 90.0 Å². The number of hydrogen-bond donors (Lipinski definition) is 0. The van der Waals surface area contributed by atoms with Crippen LogP contribution in [0.2, 0.25) is 0 Å². The Bertz CT molecular complexity index is 4290. The molecular formula is C70H45N5. The number of fused-ring (bicyclic) bond motifs is 9. The van der Waals surface area contributed by atoms with Crippen molar-refractivity contribution in [2.75, 3.05) is 0 Å². The summed E-state index contributed by atoms with van der Waals surface area (Å²) in [5.74, 6) is 0.657. The molecule has 11 aromatic carbocycles. The van der Waals surface area contributed by atoms with Crippen molar-refractivity contribution in [3.63, 3.8) is 0 Å². The van der Waals surface area contributed by atoms with Crippen LogP contribution >= 0.6 is 0 Å². The molecule has 0 aliphatic heterocycles. The summed E-state index contributed by atoms with van der Waals surface area (Å²) in [5.41, 5.74) is 19.2. The minimum absolute atomic E-state index is 0.657. The Labute approximate surface area is 433 Å². The molecule has 0 fully saturated rings. The molecule has 0 unspecified atom stereocenters. The third kappa shape index (κ3) is 6.93. The van der Waals surface area contributed by atoms with Gasteiger partial charge in [0.05, 0.1) is 50.2 Å². The van der Waals surface area contributed by atoms with Gasteiger partial charge in [0.15, 0.2) is 5.82 Å². The molecule has 0 aliphatic rings. The van der Waals surface area contributed by atoms with Gasteiger partial charge in [0, 0.05) is 71.5 Å². The summed E-state index contributed by atoms with van der Waals surface area (Å²) in [6.45, 7) is 0.